The lowest BCUT2D eigenvalue weighted by Crippen LogP contribution is -2.34. The summed E-state index contributed by atoms with van der Waals surface area (Å²) in [5.41, 5.74) is 1.60. The van der Waals surface area contributed by atoms with Gasteiger partial charge in [0, 0.05) is 12.3 Å². The highest BCUT2D eigenvalue weighted by Crippen LogP contribution is 2.23. The zero-order chi connectivity index (χ0) is 13.8. The van der Waals surface area contributed by atoms with Crippen LogP contribution in [-0.4, -0.2) is 23.0 Å². The van der Waals surface area contributed by atoms with Gasteiger partial charge in [-0.25, -0.2) is 4.79 Å². The van der Waals surface area contributed by atoms with Gasteiger partial charge in [-0.1, -0.05) is 11.2 Å². The Balaban J connectivity index is 2.09. The van der Waals surface area contributed by atoms with Gasteiger partial charge in [0.05, 0.1) is 5.39 Å². The van der Waals surface area contributed by atoms with E-state index in [0.717, 1.165) is 5.56 Å². The first-order valence-corrected chi connectivity index (χ1v) is 6.16. The summed E-state index contributed by atoms with van der Waals surface area (Å²) < 4.78 is 5.08. The lowest BCUT2D eigenvalue weighted by molar-refractivity contribution is -0.119. The predicted octanol–water partition coefficient (Wildman–Crippen LogP) is 2.41. The number of imide groups is 1. The van der Waals surface area contributed by atoms with Gasteiger partial charge in [0.1, 0.15) is 0 Å². The van der Waals surface area contributed by atoms with Gasteiger partial charge in [-0.05, 0) is 24.6 Å². The van der Waals surface area contributed by atoms with Gasteiger partial charge in [0.25, 0.3) is 0 Å². The zero-order valence-electron chi connectivity index (χ0n) is 10.2. The molecule has 0 aliphatic rings. The first-order valence-electron chi connectivity index (χ1n) is 5.63. The molecule has 0 unspecified atom stereocenters. The fourth-order valence-electron chi connectivity index (χ4n) is 1.55. The molecule has 0 atom stereocenters. The molecule has 3 amide bonds. The SMILES string of the molecule is Cc1ccc2c(NC(=O)NC(=O)CCCl)noc2c1. The summed E-state index contributed by atoms with van der Waals surface area (Å²) in [6.07, 6.45) is 0.0771. The average Bonchev–Trinajstić information content (AvgIpc) is 2.71. The number of aryl methyl sites for hydroxylation is 1. The van der Waals surface area contributed by atoms with Crippen molar-refractivity contribution in [3.8, 4) is 0 Å². The van der Waals surface area contributed by atoms with Crippen molar-refractivity contribution in [2.75, 3.05) is 11.2 Å². The average molecular weight is 282 g/mol. The molecule has 100 valence electrons. The molecular weight excluding hydrogens is 270 g/mol. The molecule has 0 spiro atoms. The summed E-state index contributed by atoms with van der Waals surface area (Å²) in [6, 6.07) is 4.81. The number of carbonyl (C=O) groups is 2. The number of alkyl halides is 1. The zero-order valence-corrected chi connectivity index (χ0v) is 11.0. The van der Waals surface area contributed by atoms with Gasteiger partial charge in [0.15, 0.2) is 11.4 Å². The maximum atomic E-state index is 11.5. The van der Waals surface area contributed by atoms with E-state index in [4.69, 9.17) is 16.1 Å². The van der Waals surface area contributed by atoms with E-state index in [-0.39, 0.29) is 18.1 Å². The predicted molar refractivity (Wildman–Crippen MR) is 71.2 cm³/mol. The minimum Gasteiger partial charge on any atom is -0.354 e. The van der Waals surface area contributed by atoms with Crippen LogP contribution in [0.2, 0.25) is 0 Å². The van der Waals surface area contributed by atoms with E-state index in [1.165, 1.54) is 0 Å². The number of rotatable bonds is 3. The summed E-state index contributed by atoms with van der Waals surface area (Å²) in [5.74, 6) is -0.0204. The summed E-state index contributed by atoms with van der Waals surface area (Å²) in [4.78, 5) is 22.7. The Morgan fingerprint density at radius 3 is 2.95 bits per heavy atom. The second-order valence-electron chi connectivity index (χ2n) is 3.97. The summed E-state index contributed by atoms with van der Waals surface area (Å²) in [6.45, 7) is 1.92. The van der Waals surface area contributed by atoms with Crippen LogP contribution in [0.25, 0.3) is 11.0 Å². The van der Waals surface area contributed by atoms with Crippen LogP contribution in [0.15, 0.2) is 22.7 Å². The number of hydrogen-bond donors (Lipinski definition) is 2. The largest absolute Gasteiger partial charge is 0.354 e. The van der Waals surface area contributed by atoms with Gasteiger partial charge in [0.2, 0.25) is 5.91 Å². The minimum absolute atomic E-state index is 0.0771. The number of carbonyl (C=O) groups excluding carboxylic acids is 2. The highest BCUT2D eigenvalue weighted by atomic mass is 35.5. The fourth-order valence-corrected chi connectivity index (χ4v) is 1.72. The number of urea groups is 1. The van der Waals surface area contributed by atoms with Crippen molar-refractivity contribution in [1.82, 2.24) is 10.5 Å². The number of benzene rings is 1. The molecular formula is C12H12ClN3O3. The molecule has 0 radical (unpaired) electrons. The fraction of sp³-hybridized carbons (Fsp3) is 0.250. The molecule has 0 bridgehead atoms. The van der Waals surface area contributed by atoms with Gasteiger partial charge in [-0.3, -0.25) is 15.4 Å². The topological polar surface area (TPSA) is 84.2 Å². The monoisotopic (exact) mass is 281 g/mol. The van der Waals surface area contributed by atoms with Gasteiger partial charge >= 0.3 is 6.03 Å². The number of amides is 3. The third-order valence-corrected chi connectivity index (χ3v) is 2.62. The molecule has 1 aromatic heterocycles. The second-order valence-corrected chi connectivity index (χ2v) is 4.35. The molecule has 2 aromatic rings. The van der Waals surface area contributed by atoms with Gasteiger partial charge < -0.3 is 4.52 Å². The third-order valence-electron chi connectivity index (χ3n) is 2.43. The molecule has 0 saturated heterocycles. The van der Waals surface area contributed by atoms with Crippen molar-refractivity contribution >= 4 is 40.3 Å². The molecule has 0 fully saturated rings. The molecule has 0 aliphatic heterocycles. The van der Waals surface area contributed by atoms with Crippen LogP contribution in [0, 0.1) is 6.92 Å². The molecule has 19 heavy (non-hydrogen) atoms. The lowest BCUT2D eigenvalue weighted by atomic mass is 10.2. The third kappa shape index (κ3) is 3.23. The summed E-state index contributed by atoms with van der Waals surface area (Å²) in [5, 5.41) is 9.01. The highest BCUT2D eigenvalue weighted by Gasteiger charge is 2.13. The summed E-state index contributed by atoms with van der Waals surface area (Å²) >= 11 is 5.40. The van der Waals surface area contributed by atoms with E-state index in [0.29, 0.717) is 11.0 Å². The Labute approximate surface area is 114 Å². The standard InChI is InChI=1S/C12H12ClN3O3/c1-7-2-3-8-9(6-7)19-16-11(8)15-12(18)14-10(17)4-5-13/h2-3,6H,4-5H2,1H3,(H2,14,15,16,17,18). The first-order chi connectivity index (χ1) is 9.10. The van der Waals surface area contributed by atoms with Crippen LogP contribution >= 0.6 is 11.6 Å². The van der Waals surface area contributed by atoms with Crippen molar-refractivity contribution in [2.45, 2.75) is 13.3 Å². The Morgan fingerprint density at radius 1 is 1.42 bits per heavy atom. The summed E-state index contributed by atoms with van der Waals surface area (Å²) in [7, 11) is 0. The number of anilines is 1. The molecule has 7 heteroatoms. The molecule has 6 nitrogen and oxygen atoms in total. The molecule has 2 N–H and O–H groups in total. The molecule has 1 aromatic carbocycles. The Morgan fingerprint density at radius 2 is 2.21 bits per heavy atom. The van der Waals surface area contributed by atoms with Gasteiger partial charge in [-0.15, -0.1) is 11.6 Å². The van der Waals surface area contributed by atoms with Crippen LogP contribution in [0.3, 0.4) is 0 Å². The van der Waals surface area contributed by atoms with E-state index in [1.54, 1.807) is 6.07 Å². The minimum atomic E-state index is -0.661. The smallest absolute Gasteiger partial charge is 0.327 e. The van der Waals surface area contributed by atoms with Crippen molar-refractivity contribution in [1.29, 1.82) is 0 Å². The van der Waals surface area contributed by atoms with Crippen LogP contribution in [0.5, 0.6) is 0 Å². The number of halogens is 1. The number of nitrogens with zero attached hydrogens (tertiary/aromatic N) is 1. The van der Waals surface area contributed by atoms with E-state index in [1.807, 2.05) is 19.1 Å². The number of fused-ring (bicyclic) bond motifs is 1. The van der Waals surface area contributed by atoms with E-state index < -0.39 is 11.9 Å². The molecule has 1 heterocycles. The first kappa shape index (κ1) is 13.4. The van der Waals surface area contributed by atoms with E-state index in [9.17, 15) is 9.59 Å². The van der Waals surface area contributed by atoms with Crippen LogP contribution in [0.1, 0.15) is 12.0 Å². The number of aromatic nitrogens is 1. The normalized spacial score (nSPS) is 10.4. The lowest BCUT2D eigenvalue weighted by Gasteiger charge is -2.03. The number of nitrogens with one attached hydrogen (secondary N) is 2. The molecule has 2 rings (SSSR count). The quantitative estimate of drug-likeness (QED) is 0.846. The van der Waals surface area contributed by atoms with Gasteiger partial charge in [-0.2, -0.15) is 0 Å². The van der Waals surface area contributed by atoms with Crippen LogP contribution < -0.4 is 10.6 Å². The highest BCUT2D eigenvalue weighted by molar-refractivity contribution is 6.19. The Kier molecular flexibility index (Phi) is 4.01. The molecule has 0 saturated carbocycles. The second kappa shape index (κ2) is 5.71. The van der Waals surface area contributed by atoms with E-state index in [2.05, 4.69) is 15.8 Å². The number of hydrogen-bond acceptors (Lipinski definition) is 4. The maximum Gasteiger partial charge on any atom is 0.327 e. The van der Waals surface area contributed by atoms with Crippen molar-refractivity contribution < 1.29 is 14.1 Å². The van der Waals surface area contributed by atoms with Crippen molar-refractivity contribution in [3.05, 3.63) is 23.8 Å². The van der Waals surface area contributed by atoms with Crippen molar-refractivity contribution in [2.24, 2.45) is 0 Å². The van der Waals surface area contributed by atoms with Crippen LogP contribution in [0.4, 0.5) is 10.6 Å². The Hall–Kier alpha value is -2.08. The molecule has 0 aliphatic carbocycles. The van der Waals surface area contributed by atoms with Crippen LogP contribution in [-0.2, 0) is 4.79 Å². The Bertz CT molecular complexity index is 624. The van der Waals surface area contributed by atoms with E-state index >= 15 is 0 Å². The maximum absolute atomic E-state index is 11.5. The van der Waals surface area contributed by atoms with Crippen molar-refractivity contribution in [3.63, 3.8) is 0 Å².